The van der Waals surface area contributed by atoms with Gasteiger partial charge in [-0.05, 0) is 42.5 Å². The Morgan fingerprint density at radius 3 is 2.52 bits per heavy atom. The number of benzene rings is 2. The maximum absolute atomic E-state index is 12.3. The average Bonchev–Trinajstić information content (AvgIpc) is 3.11. The van der Waals surface area contributed by atoms with Gasteiger partial charge in [0.2, 0.25) is 0 Å². The van der Waals surface area contributed by atoms with Gasteiger partial charge in [0, 0.05) is 5.92 Å². The molecule has 0 aliphatic carbocycles. The number of nitriles is 1. The van der Waals surface area contributed by atoms with Crippen LogP contribution in [0.25, 0.3) is 0 Å². The van der Waals surface area contributed by atoms with E-state index in [2.05, 4.69) is 11.2 Å². The SMILES string of the molecule is Cc1ccc(S(=O)(=O)O/N=C2\SC=CC2C(C#N)c2ccccc2C)cc1. The summed E-state index contributed by atoms with van der Waals surface area (Å²) in [6.45, 7) is 3.82. The molecule has 0 saturated carbocycles. The molecular weight excluding hydrogens is 380 g/mol. The Balaban J connectivity index is 1.85. The Bertz CT molecular complexity index is 1040. The van der Waals surface area contributed by atoms with Gasteiger partial charge in [-0.1, -0.05) is 65.0 Å². The third kappa shape index (κ3) is 4.24. The van der Waals surface area contributed by atoms with Crippen molar-refractivity contribution in [2.24, 2.45) is 11.1 Å². The van der Waals surface area contributed by atoms with Crippen LogP contribution in [0.1, 0.15) is 22.6 Å². The number of rotatable bonds is 5. The second-order valence-corrected chi connectivity index (χ2v) is 8.66. The van der Waals surface area contributed by atoms with Crippen LogP contribution in [0.2, 0.25) is 0 Å². The van der Waals surface area contributed by atoms with Gasteiger partial charge in [-0.2, -0.15) is 13.7 Å². The van der Waals surface area contributed by atoms with Gasteiger partial charge in [-0.25, -0.2) is 0 Å². The molecule has 27 heavy (non-hydrogen) atoms. The molecule has 0 bridgehead atoms. The molecule has 3 rings (SSSR count). The molecule has 138 valence electrons. The Morgan fingerprint density at radius 2 is 1.85 bits per heavy atom. The summed E-state index contributed by atoms with van der Waals surface area (Å²) in [6.07, 6.45) is 1.85. The molecule has 2 atom stereocenters. The zero-order valence-corrected chi connectivity index (χ0v) is 16.5. The van der Waals surface area contributed by atoms with Gasteiger partial charge in [0.25, 0.3) is 0 Å². The summed E-state index contributed by atoms with van der Waals surface area (Å²) >= 11 is 1.26. The number of hydrogen-bond acceptors (Lipinski definition) is 6. The van der Waals surface area contributed by atoms with Crippen molar-refractivity contribution in [3.8, 4) is 6.07 Å². The number of aryl methyl sites for hydroxylation is 2. The van der Waals surface area contributed by atoms with Crippen LogP contribution in [0.5, 0.6) is 0 Å². The highest BCUT2D eigenvalue weighted by Gasteiger charge is 2.31. The molecule has 0 saturated heterocycles. The van der Waals surface area contributed by atoms with Crippen LogP contribution >= 0.6 is 11.8 Å². The molecule has 1 aliphatic heterocycles. The smallest absolute Gasteiger partial charge is 0.264 e. The van der Waals surface area contributed by atoms with E-state index in [1.807, 2.05) is 44.2 Å². The molecule has 0 radical (unpaired) electrons. The molecule has 2 unspecified atom stereocenters. The molecule has 1 aliphatic rings. The number of thioether (sulfide) groups is 1. The third-order valence-corrected chi connectivity index (χ3v) is 6.32. The number of nitrogens with zero attached hydrogens (tertiary/aromatic N) is 2. The second-order valence-electron chi connectivity index (χ2n) is 6.21. The fourth-order valence-electron chi connectivity index (χ4n) is 2.80. The Hall–Kier alpha value is -2.56. The van der Waals surface area contributed by atoms with Gasteiger partial charge >= 0.3 is 10.1 Å². The number of allylic oxidation sites excluding steroid dienone is 1. The van der Waals surface area contributed by atoms with Crippen LogP contribution in [0.3, 0.4) is 0 Å². The average molecular weight is 399 g/mol. The molecule has 0 spiro atoms. The molecule has 0 N–H and O–H groups in total. The minimum Gasteiger partial charge on any atom is -0.264 e. The lowest BCUT2D eigenvalue weighted by Crippen LogP contribution is -2.16. The first-order valence-electron chi connectivity index (χ1n) is 8.29. The lowest BCUT2D eigenvalue weighted by molar-refractivity contribution is 0.338. The van der Waals surface area contributed by atoms with Gasteiger partial charge in [0.05, 0.1) is 12.0 Å². The standard InChI is InChI=1S/C20H18N2O3S2/c1-14-7-9-16(10-8-14)27(23,24)25-22-20-18(11-12-26-20)19(13-21)17-6-4-3-5-15(17)2/h3-12,18-19H,1-2H3/b22-20-. The predicted molar refractivity (Wildman–Crippen MR) is 107 cm³/mol. The molecule has 7 heteroatoms. The van der Waals surface area contributed by atoms with Crippen molar-refractivity contribution in [2.75, 3.05) is 0 Å². The predicted octanol–water partition coefficient (Wildman–Crippen LogP) is 4.51. The lowest BCUT2D eigenvalue weighted by atomic mass is 9.85. The van der Waals surface area contributed by atoms with E-state index in [0.717, 1.165) is 16.7 Å². The van der Waals surface area contributed by atoms with Crippen LogP contribution < -0.4 is 0 Å². The van der Waals surface area contributed by atoms with Gasteiger partial charge in [0.1, 0.15) is 9.94 Å². The highest BCUT2D eigenvalue weighted by Crippen LogP contribution is 2.37. The van der Waals surface area contributed by atoms with Crippen molar-refractivity contribution in [3.63, 3.8) is 0 Å². The van der Waals surface area contributed by atoms with E-state index in [4.69, 9.17) is 4.28 Å². The van der Waals surface area contributed by atoms with E-state index in [1.165, 1.54) is 23.9 Å². The lowest BCUT2D eigenvalue weighted by Gasteiger charge is -2.18. The highest BCUT2D eigenvalue weighted by atomic mass is 32.2. The molecule has 2 aromatic rings. The highest BCUT2D eigenvalue weighted by molar-refractivity contribution is 8.16. The fourth-order valence-corrected chi connectivity index (χ4v) is 4.42. The summed E-state index contributed by atoms with van der Waals surface area (Å²) in [5.74, 6) is -0.823. The Morgan fingerprint density at radius 1 is 1.15 bits per heavy atom. The zero-order valence-electron chi connectivity index (χ0n) is 14.9. The third-order valence-electron chi connectivity index (χ3n) is 4.32. The van der Waals surface area contributed by atoms with E-state index in [-0.39, 0.29) is 10.8 Å². The van der Waals surface area contributed by atoms with E-state index >= 15 is 0 Å². The Labute approximate surface area is 163 Å². The molecule has 1 heterocycles. The number of oxime groups is 1. The summed E-state index contributed by atoms with van der Waals surface area (Å²) < 4.78 is 29.6. The summed E-state index contributed by atoms with van der Waals surface area (Å²) in [4.78, 5) is 0.0423. The van der Waals surface area contributed by atoms with Crippen molar-refractivity contribution in [1.82, 2.24) is 0 Å². The summed E-state index contributed by atoms with van der Waals surface area (Å²) in [5, 5.41) is 15.8. The summed E-state index contributed by atoms with van der Waals surface area (Å²) in [5.41, 5.74) is 2.85. The fraction of sp³-hybridized carbons (Fsp3) is 0.200. The molecule has 0 aromatic heterocycles. The van der Waals surface area contributed by atoms with Gasteiger partial charge in [-0.15, -0.1) is 0 Å². The normalized spacial score (nSPS) is 19.0. The molecule has 5 nitrogen and oxygen atoms in total. The second kappa shape index (κ2) is 7.99. The summed E-state index contributed by atoms with van der Waals surface area (Å²) in [7, 11) is -4.00. The van der Waals surface area contributed by atoms with Gasteiger partial charge in [-0.3, -0.25) is 4.28 Å². The monoisotopic (exact) mass is 398 g/mol. The van der Waals surface area contributed by atoms with Crippen molar-refractivity contribution >= 4 is 26.9 Å². The molecular formula is C20H18N2O3S2. The first kappa shape index (κ1) is 19.2. The molecule has 0 fully saturated rings. The van der Waals surface area contributed by atoms with Gasteiger partial charge in [0.15, 0.2) is 0 Å². The zero-order chi connectivity index (χ0) is 19.4. The first-order valence-corrected chi connectivity index (χ1v) is 10.6. The maximum Gasteiger partial charge on any atom is 0.358 e. The molecule has 0 amide bonds. The van der Waals surface area contributed by atoms with Crippen LogP contribution in [-0.2, 0) is 14.4 Å². The van der Waals surface area contributed by atoms with Crippen molar-refractivity contribution in [2.45, 2.75) is 24.7 Å². The van der Waals surface area contributed by atoms with Crippen molar-refractivity contribution in [3.05, 3.63) is 76.7 Å². The maximum atomic E-state index is 12.3. The van der Waals surface area contributed by atoms with E-state index in [1.54, 1.807) is 17.5 Å². The quantitative estimate of drug-likeness (QED) is 0.693. The van der Waals surface area contributed by atoms with Gasteiger partial charge < -0.3 is 0 Å². The largest absolute Gasteiger partial charge is 0.358 e. The van der Waals surface area contributed by atoms with Crippen LogP contribution in [0.15, 0.2) is 70.1 Å². The minimum absolute atomic E-state index is 0.0423. The Kier molecular flexibility index (Phi) is 5.68. The van der Waals surface area contributed by atoms with E-state index in [9.17, 15) is 13.7 Å². The number of hydrogen-bond donors (Lipinski definition) is 0. The van der Waals surface area contributed by atoms with Crippen LogP contribution in [0.4, 0.5) is 0 Å². The minimum atomic E-state index is -4.00. The van der Waals surface area contributed by atoms with Crippen LogP contribution in [-0.4, -0.2) is 13.5 Å². The molecule has 2 aromatic carbocycles. The van der Waals surface area contributed by atoms with E-state index in [0.29, 0.717) is 5.04 Å². The van der Waals surface area contributed by atoms with Crippen molar-refractivity contribution < 1.29 is 12.7 Å². The van der Waals surface area contributed by atoms with Crippen molar-refractivity contribution in [1.29, 1.82) is 5.26 Å². The summed E-state index contributed by atoms with van der Waals surface area (Å²) in [6, 6.07) is 16.3. The topological polar surface area (TPSA) is 79.5 Å². The van der Waals surface area contributed by atoms with Crippen LogP contribution in [0, 0.1) is 31.1 Å². The first-order chi connectivity index (χ1) is 12.9. The van der Waals surface area contributed by atoms with E-state index < -0.39 is 16.0 Å².